The highest BCUT2D eigenvalue weighted by molar-refractivity contribution is 5.82. The molecule has 0 saturated heterocycles. The third kappa shape index (κ3) is 4.97. The van der Waals surface area contributed by atoms with E-state index in [4.69, 9.17) is 14.6 Å². The summed E-state index contributed by atoms with van der Waals surface area (Å²) in [4.78, 5) is 24.9. The highest BCUT2D eigenvalue weighted by atomic mass is 16.5. The summed E-state index contributed by atoms with van der Waals surface area (Å²) in [5.41, 5.74) is 0. The number of amides is 2. The molecule has 7 heteroatoms. The monoisotopic (exact) mass is 288 g/mol. The molecule has 0 aromatic heterocycles. The van der Waals surface area contributed by atoms with Gasteiger partial charge in [-0.3, -0.25) is 0 Å². The van der Waals surface area contributed by atoms with Crippen LogP contribution in [0.3, 0.4) is 0 Å². The Kier molecular flexibility index (Phi) is 6.74. The van der Waals surface area contributed by atoms with Crippen LogP contribution in [0.5, 0.6) is 0 Å². The van der Waals surface area contributed by atoms with Gasteiger partial charge >= 0.3 is 12.0 Å². The fourth-order valence-electron chi connectivity index (χ4n) is 2.09. The molecule has 2 amide bonds. The highest BCUT2D eigenvalue weighted by Crippen LogP contribution is 2.35. The van der Waals surface area contributed by atoms with Gasteiger partial charge in [0.1, 0.15) is 0 Å². The topological polar surface area (TPSA) is 88.1 Å². The zero-order chi connectivity index (χ0) is 15.1. The largest absolute Gasteiger partial charge is 0.480 e. The second kappa shape index (κ2) is 8.06. The molecular formula is C13H24N2O5. The molecule has 1 rings (SSSR count). The van der Waals surface area contributed by atoms with Crippen LogP contribution in [0, 0.1) is 5.92 Å². The van der Waals surface area contributed by atoms with Crippen LogP contribution >= 0.6 is 0 Å². The molecule has 116 valence electrons. The fourth-order valence-corrected chi connectivity index (χ4v) is 2.09. The standard InChI is InChI=1S/C13H24N2O5/c1-9(10-4-5-10)15(6-7-19-2)13(18)14-11(8-20-3)12(16)17/h9-11H,4-8H2,1-3H3,(H,14,18)(H,16,17). The summed E-state index contributed by atoms with van der Waals surface area (Å²) in [6.45, 7) is 2.79. The summed E-state index contributed by atoms with van der Waals surface area (Å²) in [7, 11) is 2.97. The molecule has 0 bridgehead atoms. The van der Waals surface area contributed by atoms with E-state index < -0.39 is 12.0 Å². The molecule has 2 atom stereocenters. The van der Waals surface area contributed by atoms with E-state index in [2.05, 4.69) is 5.32 Å². The van der Waals surface area contributed by atoms with Crippen molar-refractivity contribution in [3.05, 3.63) is 0 Å². The predicted molar refractivity (Wildman–Crippen MR) is 72.6 cm³/mol. The van der Waals surface area contributed by atoms with Gasteiger partial charge in [-0.25, -0.2) is 9.59 Å². The number of carboxylic acids is 1. The second-order valence-electron chi connectivity index (χ2n) is 5.06. The van der Waals surface area contributed by atoms with E-state index in [1.807, 2.05) is 6.92 Å². The Balaban J connectivity index is 2.62. The van der Waals surface area contributed by atoms with Crippen molar-refractivity contribution < 1.29 is 24.2 Å². The van der Waals surface area contributed by atoms with E-state index in [9.17, 15) is 9.59 Å². The minimum Gasteiger partial charge on any atom is -0.480 e. The molecule has 1 fully saturated rings. The van der Waals surface area contributed by atoms with Gasteiger partial charge in [-0.05, 0) is 25.7 Å². The van der Waals surface area contributed by atoms with E-state index >= 15 is 0 Å². The lowest BCUT2D eigenvalue weighted by atomic mass is 10.2. The van der Waals surface area contributed by atoms with Crippen LogP contribution in [0.25, 0.3) is 0 Å². The van der Waals surface area contributed by atoms with E-state index in [-0.39, 0.29) is 18.7 Å². The Labute approximate surface area is 119 Å². The number of nitrogens with zero attached hydrogens (tertiary/aromatic N) is 1. The van der Waals surface area contributed by atoms with Crippen LogP contribution in [-0.2, 0) is 14.3 Å². The summed E-state index contributed by atoms with van der Waals surface area (Å²) in [6, 6.07) is -1.34. The van der Waals surface area contributed by atoms with Crippen molar-refractivity contribution in [3.8, 4) is 0 Å². The van der Waals surface area contributed by atoms with Crippen molar-refractivity contribution in [2.75, 3.05) is 34.0 Å². The van der Waals surface area contributed by atoms with Crippen LogP contribution in [0.1, 0.15) is 19.8 Å². The number of hydrogen-bond donors (Lipinski definition) is 2. The molecule has 1 aliphatic rings. The van der Waals surface area contributed by atoms with Gasteiger partial charge in [0, 0.05) is 26.8 Å². The number of carbonyl (C=O) groups is 2. The molecule has 20 heavy (non-hydrogen) atoms. The number of ether oxygens (including phenoxy) is 2. The molecule has 1 aliphatic carbocycles. The van der Waals surface area contributed by atoms with Crippen LogP contribution < -0.4 is 5.32 Å². The lowest BCUT2D eigenvalue weighted by molar-refractivity contribution is -0.140. The Bertz CT molecular complexity index is 333. The predicted octanol–water partition coefficient (Wildman–Crippen LogP) is 0.543. The number of hydrogen-bond acceptors (Lipinski definition) is 4. The van der Waals surface area contributed by atoms with Crippen LogP contribution in [0.2, 0.25) is 0 Å². The summed E-state index contributed by atoms with van der Waals surface area (Å²) in [5, 5.41) is 11.5. The molecule has 7 nitrogen and oxygen atoms in total. The average molecular weight is 288 g/mol. The molecule has 1 saturated carbocycles. The Morgan fingerprint density at radius 1 is 1.35 bits per heavy atom. The zero-order valence-corrected chi connectivity index (χ0v) is 12.3. The molecule has 2 unspecified atom stereocenters. The number of carboxylic acid groups (broad SMARTS) is 1. The number of urea groups is 1. The Morgan fingerprint density at radius 2 is 2.00 bits per heavy atom. The highest BCUT2D eigenvalue weighted by Gasteiger charge is 2.35. The van der Waals surface area contributed by atoms with Crippen LogP contribution in [0.15, 0.2) is 0 Å². The zero-order valence-electron chi connectivity index (χ0n) is 12.3. The van der Waals surface area contributed by atoms with Crippen LogP contribution in [0.4, 0.5) is 4.79 Å². The van der Waals surface area contributed by atoms with Gasteiger partial charge in [0.25, 0.3) is 0 Å². The third-order valence-corrected chi connectivity index (χ3v) is 3.52. The first-order chi connectivity index (χ1) is 9.51. The van der Waals surface area contributed by atoms with Crippen molar-refractivity contribution >= 4 is 12.0 Å². The maximum atomic E-state index is 12.3. The van der Waals surface area contributed by atoms with Crippen molar-refractivity contribution in [1.82, 2.24) is 10.2 Å². The minimum absolute atomic E-state index is 0.0585. The number of rotatable bonds is 9. The summed E-state index contributed by atoms with van der Waals surface area (Å²) < 4.78 is 9.82. The number of carbonyl (C=O) groups excluding carboxylic acids is 1. The van der Waals surface area contributed by atoms with Gasteiger partial charge in [0.2, 0.25) is 0 Å². The molecule has 0 heterocycles. The smallest absolute Gasteiger partial charge is 0.328 e. The maximum absolute atomic E-state index is 12.3. The normalized spacial score (nSPS) is 17.4. The van der Waals surface area contributed by atoms with Gasteiger partial charge in [-0.15, -0.1) is 0 Å². The summed E-state index contributed by atoms with van der Waals surface area (Å²) in [5.74, 6) is -0.603. The third-order valence-electron chi connectivity index (χ3n) is 3.52. The molecule has 2 N–H and O–H groups in total. The van der Waals surface area contributed by atoms with Gasteiger partial charge in [-0.2, -0.15) is 0 Å². The minimum atomic E-state index is -1.11. The van der Waals surface area contributed by atoms with E-state index in [0.29, 0.717) is 19.1 Å². The van der Waals surface area contributed by atoms with Gasteiger partial charge in [0.05, 0.1) is 13.2 Å². The SMILES string of the molecule is COCCN(C(=O)NC(COC)C(=O)O)C(C)C1CC1. The number of aliphatic carboxylic acids is 1. The first kappa shape index (κ1) is 16.7. The Morgan fingerprint density at radius 3 is 2.45 bits per heavy atom. The average Bonchev–Trinajstić information content (AvgIpc) is 3.22. The van der Waals surface area contributed by atoms with E-state index in [0.717, 1.165) is 12.8 Å². The van der Waals surface area contributed by atoms with E-state index in [1.165, 1.54) is 7.11 Å². The quantitative estimate of drug-likeness (QED) is 0.646. The van der Waals surface area contributed by atoms with Crippen molar-refractivity contribution in [3.63, 3.8) is 0 Å². The van der Waals surface area contributed by atoms with Gasteiger partial charge in [-0.1, -0.05) is 0 Å². The van der Waals surface area contributed by atoms with E-state index in [1.54, 1.807) is 12.0 Å². The Hall–Kier alpha value is -1.34. The molecule has 0 aromatic carbocycles. The van der Waals surface area contributed by atoms with Crippen molar-refractivity contribution in [1.29, 1.82) is 0 Å². The number of nitrogens with one attached hydrogen (secondary N) is 1. The molecule has 0 radical (unpaired) electrons. The number of methoxy groups -OCH3 is 2. The maximum Gasteiger partial charge on any atom is 0.328 e. The first-order valence-corrected chi connectivity index (χ1v) is 6.79. The molecular weight excluding hydrogens is 264 g/mol. The summed E-state index contributed by atoms with van der Waals surface area (Å²) >= 11 is 0. The van der Waals surface area contributed by atoms with Crippen molar-refractivity contribution in [2.45, 2.75) is 31.8 Å². The van der Waals surface area contributed by atoms with Gasteiger partial charge < -0.3 is 24.8 Å². The lowest BCUT2D eigenvalue weighted by Crippen LogP contribution is -2.53. The fraction of sp³-hybridized carbons (Fsp3) is 0.846. The lowest BCUT2D eigenvalue weighted by Gasteiger charge is -2.30. The first-order valence-electron chi connectivity index (χ1n) is 6.79. The van der Waals surface area contributed by atoms with Crippen molar-refractivity contribution in [2.24, 2.45) is 5.92 Å². The molecule has 0 aromatic rings. The molecule has 0 spiro atoms. The van der Waals surface area contributed by atoms with Gasteiger partial charge in [0.15, 0.2) is 6.04 Å². The second-order valence-corrected chi connectivity index (χ2v) is 5.06. The molecule has 0 aliphatic heterocycles. The van der Waals surface area contributed by atoms with Crippen LogP contribution in [-0.4, -0.2) is 68.1 Å². The summed E-state index contributed by atoms with van der Waals surface area (Å²) in [6.07, 6.45) is 2.22.